The highest BCUT2D eigenvalue weighted by Gasteiger charge is 2.07. The highest BCUT2D eigenvalue weighted by atomic mass is 35.5. The van der Waals surface area contributed by atoms with Crippen LogP contribution < -0.4 is 5.73 Å². The largest absolute Gasteiger partial charge is 0.383 e. The second-order valence-corrected chi connectivity index (χ2v) is 4.10. The predicted molar refractivity (Wildman–Crippen MR) is 71.9 cm³/mol. The number of aliphatic hydroxyl groups excluding tert-OH is 1. The van der Waals surface area contributed by atoms with Crippen molar-refractivity contribution in [3.63, 3.8) is 0 Å². The fourth-order valence-electron chi connectivity index (χ4n) is 1.46. The fourth-order valence-corrected chi connectivity index (χ4v) is 1.65. The Labute approximate surface area is 110 Å². The van der Waals surface area contributed by atoms with Gasteiger partial charge in [-0.15, -0.1) is 0 Å². The van der Waals surface area contributed by atoms with Crippen LogP contribution in [0.1, 0.15) is 17.2 Å². The molecule has 4 heteroatoms. The van der Waals surface area contributed by atoms with Crippen molar-refractivity contribution in [3.8, 4) is 11.8 Å². The van der Waals surface area contributed by atoms with Gasteiger partial charge in [-0.3, -0.25) is 0 Å². The molecule has 2 aromatic rings. The molecule has 0 saturated carbocycles. The minimum atomic E-state index is -0.960. The molecule has 0 bridgehead atoms. The van der Waals surface area contributed by atoms with Crippen LogP contribution in [0.2, 0.25) is 5.02 Å². The van der Waals surface area contributed by atoms with E-state index in [4.69, 9.17) is 17.3 Å². The van der Waals surface area contributed by atoms with Crippen LogP contribution in [0.15, 0.2) is 42.6 Å². The van der Waals surface area contributed by atoms with Crippen molar-refractivity contribution in [2.24, 2.45) is 0 Å². The van der Waals surface area contributed by atoms with Crippen molar-refractivity contribution >= 4 is 17.4 Å². The van der Waals surface area contributed by atoms with Gasteiger partial charge in [0.1, 0.15) is 11.9 Å². The van der Waals surface area contributed by atoms with Crippen molar-refractivity contribution in [1.29, 1.82) is 0 Å². The van der Waals surface area contributed by atoms with Gasteiger partial charge in [0.05, 0.1) is 0 Å². The molecule has 0 radical (unpaired) electrons. The van der Waals surface area contributed by atoms with Crippen LogP contribution in [0, 0.1) is 11.8 Å². The second-order valence-electron chi connectivity index (χ2n) is 3.66. The number of aromatic nitrogens is 1. The molecule has 0 aliphatic heterocycles. The van der Waals surface area contributed by atoms with E-state index in [1.165, 1.54) is 0 Å². The summed E-state index contributed by atoms with van der Waals surface area (Å²) in [6.07, 6.45) is 0.605. The number of halogens is 1. The Hall–Kier alpha value is -2.02. The van der Waals surface area contributed by atoms with Crippen molar-refractivity contribution in [2.45, 2.75) is 6.10 Å². The molecular formula is C14H11ClN2O. The number of pyridine rings is 1. The van der Waals surface area contributed by atoms with Gasteiger partial charge in [-0.1, -0.05) is 35.6 Å². The van der Waals surface area contributed by atoms with Crippen LogP contribution >= 0.6 is 11.6 Å². The molecule has 0 aliphatic rings. The number of nitrogens with two attached hydrogens (primary N) is 1. The molecule has 1 atom stereocenters. The number of hydrogen-bond donors (Lipinski definition) is 2. The summed E-state index contributed by atoms with van der Waals surface area (Å²) in [5.74, 6) is 5.84. The standard InChI is InChI=1S/C14H11ClN2O/c15-11-4-1-3-10(9-11)6-7-13(18)12-5-2-8-17-14(12)16/h1-5,8-9,13,18H,(H2,16,17)/t13-/m1/s1. The number of nitrogen functional groups attached to an aromatic ring is 1. The Kier molecular flexibility index (Phi) is 3.83. The van der Waals surface area contributed by atoms with E-state index in [9.17, 15) is 5.11 Å². The molecule has 0 fully saturated rings. The lowest BCUT2D eigenvalue weighted by molar-refractivity contribution is 0.239. The van der Waals surface area contributed by atoms with E-state index in [1.807, 2.05) is 6.07 Å². The summed E-state index contributed by atoms with van der Waals surface area (Å²) in [6, 6.07) is 10.5. The van der Waals surface area contributed by atoms with E-state index < -0.39 is 6.10 Å². The summed E-state index contributed by atoms with van der Waals surface area (Å²) in [7, 11) is 0. The molecule has 3 N–H and O–H groups in total. The molecule has 0 spiro atoms. The van der Waals surface area contributed by atoms with Crippen LogP contribution in [0.5, 0.6) is 0 Å². The lowest BCUT2D eigenvalue weighted by atomic mass is 10.1. The van der Waals surface area contributed by atoms with E-state index >= 15 is 0 Å². The predicted octanol–water partition coefficient (Wildman–Crippen LogP) is 2.40. The average Bonchev–Trinajstić information content (AvgIpc) is 2.37. The molecule has 0 unspecified atom stereocenters. The molecule has 1 heterocycles. The topological polar surface area (TPSA) is 59.1 Å². The number of nitrogens with zero attached hydrogens (tertiary/aromatic N) is 1. The maximum Gasteiger partial charge on any atom is 0.144 e. The minimum Gasteiger partial charge on any atom is -0.383 e. The van der Waals surface area contributed by atoms with Crippen molar-refractivity contribution in [1.82, 2.24) is 4.98 Å². The van der Waals surface area contributed by atoms with E-state index in [0.717, 1.165) is 5.56 Å². The summed E-state index contributed by atoms with van der Waals surface area (Å²) in [4.78, 5) is 3.90. The van der Waals surface area contributed by atoms with Crippen molar-refractivity contribution in [3.05, 3.63) is 58.7 Å². The lowest BCUT2D eigenvalue weighted by Crippen LogP contribution is -2.01. The third kappa shape index (κ3) is 3.01. The highest BCUT2D eigenvalue weighted by Crippen LogP contribution is 2.17. The molecule has 0 aliphatic carbocycles. The Balaban J connectivity index is 2.23. The molecular weight excluding hydrogens is 248 g/mol. The van der Waals surface area contributed by atoms with Gasteiger partial charge in [-0.05, 0) is 24.3 Å². The number of hydrogen-bond acceptors (Lipinski definition) is 3. The van der Waals surface area contributed by atoms with Gasteiger partial charge in [0.15, 0.2) is 0 Å². The van der Waals surface area contributed by atoms with Crippen molar-refractivity contribution < 1.29 is 5.11 Å². The molecule has 3 nitrogen and oxygen atoms in total. The van der Waals surface area contributed by atoms with Gasteiger partial charge in [-0.25, -0.2) is 4.98 Å². The molecule has 1 aromatic heterocycles. The number of anilines is 1. The fraction of sp³-hybridized carbons (Fsp3) is 0.0714. The first-order valence-electron chi connectivity index (χ1n) is 5.32. The summed E-state index contributed by atoms with van der Waals surface area (Å²) >= 11 is 5.84. The first-order chi connectivity index (χ1) is 8.66. The Morgan fingerprint density at radius 1 is 1.28 bits per heavy atom. The van der Waals surface area contributed by atoms with E-state index in [-0.39, 0.29) is 5.82 Å². The monoisotopic (exact) mass is 258 g/mol. The highest BCUT2D eigenvalue weighted by molar-refractivity contribution is 6.30. The normalized spacial score (nSPS) is 11.4. The molecule has 2 rings (SSSR count). The van der Waals surface area contributed by atoms with Crippen LogP contribution in [0.25, 0.3) is 0 Å². The number of benzene rings is 1. The molecule has 0 amide bonds. The quantitative estimate of drug-likeness (QED) is 0.773. The number of aliphatic hydroxyl groups is 1. The minimum absolute atomic E-state index is 0.283. The lowest BCUT2D eigenvalue weighted by Gasteiger charge is -2.05. The van der Waals surface area contributed by atoms with Gasteiger partial charge in [0, 0.05) is 22.3 Å². The molecule has 18 heavy (non-hydrogen) atoms. The van der Waals surface area contributed by atoms with Crippen LogP contribution in [-0.2, 0) is 0 Å². The first kappa shape index (κ1) is 12.4. The molecule has 90 valence electrons. The second kappa shape index (κ2) is 5.54. The van der Waals surface area contributed by atoms with E-state index in [2.05, 4.69) is 16.8 Å². The van der Waals surface area contributed by atoms with Gasteiger partial charge in [0.25, 0.3) is 0 Å². The van der Waals surface area contributed by atoms with Gasteiger partial charge in [0.2, 0.25) is 0 Å². The van der Waals surface area contributed by atoms with Gasteiger partial charge < -0.3 is 10.8 Å². The Morgan fingerprint density at radius 3 is 2.83 bits per heavy atom. The average molecular weight is 259 g/mol. The smallest absolute Gasteiger partial charge is 0.144 e. The SMILES string of the molecule is Nc1ncccc1[C@H](O)C#Cc1cccc(Cl)c1. The summed E-state index contributed by atoms with van der Waals surface area (Å²) in [5, 5.41) is 10.5. The van der Waals surface area contributed by atoms with Crippen LogP contribution in [0.4, 0.5) is 5.82 Å². The first-order valence-corrected chi connectivity index (χ1v) is 5.70. The third-order valence-corrected chi connectivity index (χ3v) is 2.58. The molecule has 0 saturated heterocycles. The summed E-state index contributed by atoms with van der Waals surface area (Å²) in [6.45, 7) is 0. The van der Waals surface area contributed by atoms with Crippen LogP contribution in [-0.4, -0.2) is 10.1 Å². The third-order valence-electron chi connectivity index (χ3n) is 2.34. The zero-order valence-electron chi connectivity index (χ0n) is 9.47. The maximum atomic E-state index is 9.91. The summed E-state index contributed by atoms with van der Waals surface area (Å²) in [5.41, 5.74) is 6.90. The zero-order chi connectivity index (χ0) is 13.0. The van der Waals surface area contributed by atoms with E-state index in [0.29, 0.717) is 10.6 Å². The van der Waals surface area contributed by atoms with Gasteiger partial charge >= 0.3 is 0 Å². The molecule has 1 aromatic carbocycles. The van der Waals surface area contributed by atoms with Crippen molar-refractivity contribution in [2.75, 3.05) is 5.73 Å². The van der Waals surface area contributed by atoms with E-state index in [1.54, 1.807) is 36.5 Å². The summed E-state index contributed by atoms with van der Waals surface area (Å²) < 4.78 is 0. The Morgan fingerprint density at radius 2 is 2.11 bits per heavy atom. The van der Waals surface area contributed by atoms with Crippen LogP contribution in [0.3, 0.4) is 0 Å². The number of rotatable bonds is 1. The van der Waals surface area contributed by atoms with Gasteiger partial charge in [-0.2, -0.15) is 0 Å². The maximum absolute atomic E-state index is 9.91. The Bertz CT molecular complexity index is 616. The zero-order valence-corrected chi connectivity index (χ0v) is 10.2.